The molecule has 0 aliphatic carbocycles. The standard InChI is InChI=1S/C7H9IO5/c1-7(2)12-4(6(11)13-7)3(8)5(9)10/h3-4H,1-2H3,(H,9,10). The molecule has 0 aromatic rings. The molecular weight excluding hydrogens is 291 g/mol. The molecule has 5 nitrogen and oxygen atoms in total. The normalized spacial score (nSPS) is 28.2. The van der Waals surface area contributed by atoms with Gasteiger partial charge in [0.2, 0.25) is 5.79 Å². The van der Waals surface area contributed by atoms with Gasteiger partial charge in [-0.1, -0.05) is 22.6 Å². The highest BCUT2D eigenvalue weighted by atomic mass is 127. The van der Waals surface area contributed by atoms with Gasteiger partial charge in [0.05, 0.1) is 0 Å². The average molecular weight is 300 g/mol. The largest absolute Gasteiger partial charge is 0.480 e. The van der Waals surface area contributed by atoms with Gasteiger partial charge in [-0.05, 0) is 0 Å². The highest BCUT2D eigenvalue weighted by Crippen LogP contribution is 2.28. The second-order valence-electron chi connectivity index (χ2n) is 3.10. The number of aliphatic carboxylic acids is 1. The molecule has 6 heteroatoms. The van der Waals surface area contributed by atoms with Gasteiger partial charge in [-0.25, -0.2) is 4.79 Å². The molecule has 0 aromatic carbocycles. The number of carbonyl (C=O) groups is 2. The summed E-state index contributed by atoms with van der Waals surface area (Å²) in [6, 6.07) is 0. The van der Waals surface area contributed by atoms with Crippen molar-refractivity contribution in [1.29, 1.82) is 0 Å². The maximum absolute atomic E-state index is 11.1. The second kappa shape index (κ2) is 3.41. The Balaban J connectivity index is 2.73. The van der Waals surface area contributed by atoms with Crippen LogP contribution in [-0.4, -0.2) is 32.9 Å². The topological polar surface area (TPSA) is 72.8 Å². The number of hydrogen-bond acceptors (Lipinski definition) is 4. The summed E-state index contributed by atoms with van der Waals surface area (Å²) in [5.74, 6) is -2.72. The lowest BCUT2D eigenvalue weighted by molar-refractivity contribution is -0.161. The molecule has 0 saturated carbocycles. The molecule has 1 aliphatic heterocycles. The van der Waals surface area contributed by atoms with Crippen LogP contribution in [0, 0.1) is 0 Å². The van der Waals surface area contributed by atoms with Crippen molar-refractivity contribution in [3.8, 4) is 0 Å². The molecule has 0 bridgehead atoms. The van der Waals surface area contributed by atoms with Crippen molar-refractivity contribution in [3.05, 3.63) is 0 Å². The molecule has 13 heavy (non-hydrogen) atoms. The smallest absolute Gasteiger partial charge is 0.339 e. The number of carbonyl (C=O) groups excluding carboxylic acids is 1. The summed E-state index contributed by atoms with van der Waals surface area (Å²) >= 11 is 1.64. The summed E-state index contributed by atoms with van der Waals surface area (Å²) in [6.45, 7) is 3.13. The summed E-state index contributed by atoms with van der Waals surface area (Å²) in [5, 5.41) is 8.64. The van der Waals surface area contributed by atoms with Crippen LogP contribution in [-0.2, 0) is 19.1 Å². The first-order valence-corrected chi connectivity index (χ1v) is 4.85. The summed E-state index contributed by atoms with van der Waals surface area (Å²) in [4.78, 5) is 21.7. The number of cyclic esters (lactones) is 1. The van der Waals surface area contributed by atoms with Gasteiger partial charge in [0.1, 0.15) is 3.92 Å². The molecule has 1 rings (SSSR count). The van der Waals surface area contributed by atoms with Crippen LogP contribution in [0.15, 0.2) is 0 Å². The number of hydrogen-bond donors (Lipinski definition) is 1. The van der Waals surface area contributed by atoms with Gasteiger partial charge in [-0.15, -0.1) is 0 Å². The van der Waals surface area contributed by atoms with Crippen molar-refractivity contribution >= 4 is 34.5 Å². The number of carboxylic acids is 1. The molecule has 2 atom stereocenters. The van der Waals surface area contributed by atoms with Crippen LogP contribution >= 0.6 is 22.6 Å². The molecular formula is C7H9IO5. The minimum absolute atomic E-state index is 0.619. The predicted octanol–water partition coefficient (Wildman–Crippen LogP) is 0.553. The van der Waals surface area contributed by atoms with Crippen LogP contribution in [0.25, 0.3) is 0 Å². The molecule has 1 fully saturated rings. The number of halogens is 1. The number of carboxylic acid groups (broad SMARTS) is 1. The van der Waals surface area contributed by atoms with Crippen molar-refractivity contribution < 1.29 is 24.2 Å². The Morgan fingerprint density at radius 1 is 1.69 bits per heavy atom. The Kier molecular flexibility index (Phi) is 2.81. The molecule has 1 heterocycles. The van der Waals surface area contributed by atoms with Crippen molar-refractivity contribution in [3.63, 3.8) is 0 Å². The highest BCUT2D eigenvalue weighted by molar-refractivity contribution is 14.1. The SMILES string of the molecule is CC1(C)OC(=O)C(C(I)C(=O)O)O1. The third-order valence-electron chi connectivity index (χ3n) is 1.49. The maximum atomic E-state index is 11.1. The van der Waals surface area contributed by atoms with E-state index < -0.39 is 27.8 Å². The van der Waals surface area contributed by atoms with E-state index >= 15 is 0 Å². The Hall–Kier alpha value is -0.370. The highest BCUT2D eigenvalue weighted by Gasteiger charge is 2.46. The number of alkyl halides is 1. The van der Waals surface area contributed by atoms with E-state index in [1.807, 2.05) is 0 Å². The lowest BCUT2D eigenvalue weighted by atomic mass is 10.2. The Bertz CT molecular complexity index is 249. The molecule has 1 aliphatic rings. The van der Waals surface area contributed by atoms with Gasteiger partial charge >= 0.3 is 11.9 Å². The van der Waals surface area contributed by atoms with E-state index in [-0.39, 0.29) is 0 Å². The Morgan fingerprint density at radius 3 is 2.54 bits per heavy atom. The first kappa shape index (κ1) is 10.7. The van der Waals surface area contributed by atoms with Gasteiger partial charge in [0.25, 0.3) is 0 Å². The minimum Gasteiger partial charge on any atom is -0.480 e. The quantitative estimate of drug-likeness (QED) is 0.458. The number of esters is 1. The molecule has 1 saturated heterocycles. The molecule has 74 valence electrons. The van der Waals surface area contributed by atoms with E-state index in [1.54, 1.807) is 36.4 Å². The van der Waals surface area contributed by atoms with E-state index in [1.165, 1.54) is 0 Å². The number of rotatable bonds is 2. The van der Waals surface area contributed by atoms with Gasteiger partial charge in [-0.3, -0.25) is 4.79 Å². The first-order chi connectivity index (χ1) is 5.83. The van der Waals surface area contributed by atoms with Gasteiger partial charge in [0.15, 0.2) is 6.10 Å². The van der Waals surface area contributed by atoms with Crippen LogP contribution in [0.5, 0.6) is 0 Å². The predicted molar refractivity (Wildman–Crippen MR) is 50.5 cm³/mol. The van der Waals surface area contributed by atoms with E-state index in [0.717, 1.165) is 0 Å². The molecule has 0 amide bonds. The summed E-state index contributed by atoms with van der Waals surface area (Å²) < 4.78 is 9.02. The zero-order chi connectivity index (χ0) is 10.2. The maximum Gasteiger partial charge on any atom is 0.339 e. The summed E-state index contributed by atoms with van der Waals surface area (Å²) in [7, 11) is 0. The third-order valence-corrected chi connectivity index (χ3v) is 2.68. The summed E-state index contributed by atoms with van der Waals surface area (Å²) in [6.07, 6.45) is -1.01. The fourth-order valence-electron chi connectivity index (χ4n) is 0.987. The fraction of sp³-hybridized carbons (Fsp3) is 0.714. The van der Waals surface area contributed by atoms with Gasteiger partial charge in [0, 0.05) is 13.8 Å². The van der Waals surface area contributed by atoms with Crippen molar-refractivity contribution in [2.24, 2.45) is 0 Å². The Labute approximate surface area is 88.5 Å². The molecule has 0 spiro atoms. The fourth-order valence-corrected chi connectivity index (χ4v) is 1.43. The van der Waals surface area contributed by atoms with Crippen molar-refractivity contribution in [2.75, 3.05) is 0 Å². The minimum atomic E-state index is -1.08. The van der Waals surface area contributed by atoms with Crippen LogP contribution in [0.4, 0.5) is 0 Å². The molecule has 0 aromatic heterocycles. The number of ether oxygens (including phenoxy) is 2. The van der Waals surface area contributed by atoms with Crippen LogP contribution in [0.3, 0.4) is 0 Å². The van der Waals surface area contributed by atoms with Crippen LogP contribution < -0.4 is 0 Å². The summed E-state index contributed by atoms with van der Waals surface area (Å²) in [5.41, 5.74) is 0. The Morgan fingerprint density at radius 2 is 2.23 bits per heavy atom. The van der Waals surface area contributed by atoms with Crippen molar-refractivity contribution in [1.82, 2.24) is 0 Å². The average Bonchev–Trinajstić information content (AvgIpc) is 2.22. The zero-order valence-corrected chi connectivity index (χ0v) is 9.27. The van der Waals surface area contributed by atoms with E-state index in [2.05, 4.69) is 0 Å². The zero-order valence-electron chi connectivity index (χ0n) is 7.11. The third kappa shape index (κ3) is 2.31. The lowest BCUT2D eigenvalue weighted by Crippen LogP contribution is -2.34. The molecule has 0 radical (unpaired) electrons. The monoisotopic (exact) mass is 300 g/mol. The molecule has 2 unspecified atom stereocenters. The lowest BCUT2D eigenvalue weighted by Gasteiger charge is -2.15. The van der Waals surface area contributed by atoms with Gasteiger partial charge in [-0.2, -0.15) is 0 Å². The molecule has 1 N–H and O–H groups in total. The van der Waals surface area contributed by atoms with E-state index in [9.17, 15) is 9.59 Å². The van der Waals surface area contributed by atoms with Crippen LogP contribution in [0.2, 0.25) is 0 Å². The first-order valence-electron chi connectivity index (χ1n) is 3.61. The van der Waals surface area contributed by atoms with Crippen LogP contribution in [0.1, 0.15) is 13.8 Å². The van der Waals surface area contributed by atoms with E-state index in [0.29, 0.717) is 0 Å². The van der Waals surface area contributed by atoms with Gasteiger partial charge < -0.3 is 14.6 Å². The van der Waals surface area contributed by atoms with E-state index in [4.69, 9.17) is 14.6 Å². The second-order valence-corrected chi connectivity index (χ2v) is 4.44. The van der Waals surface area contributed by atoms with Crippen molar-refractivity contribution in [2.45, 2.75) is 29.7 Å².